The van der Waals surface area contributed by atoms with Crippen LogP contribution in [0.2, 0.25) is 0 Å². The average molecular weight is 494 g/mol. The number of benzene rings is 2. The monoisotopic (exact) mass is 493 g/mol. The summed E-state index contributed by atoms with van der Waals surface area (Å²) >= 11 is 0. The molecule has 4 rings (SSSR count). The first-order valence-electron chi connectivity index (χ1n) is 11.8. The van der Waals surface area contributed by atoms with Crippen molar-refractivity contribution < 1.29 is 23.9 Å². The Bertz CT molecular complexity index is 1230. The van der Waals surface area contributed by atoms with Crippen LogP contribution in [0.1, 0.15) is 49.7 Å². The van der Waals surface area contributed by atoms with Gasteiger partial charge < -0.3 is 25.6 Å². The van der Waals surface area contributed by atoms with E-state index in [9.17, 15) is 23.9 Å². The Balaban J connectivity index is 1.43. The van der Waals surface area contributed by atoms with Crippen LogP contribution in [0, 0.1) is 5.82 Å². The van der Waals surface area contributed by atoms with Crippen molar-refractivity contribution in [1.29, 1.82) is 0 Å². The third-order valence-corrected chi connectivity index (χ3v) is 6.28. The number of carbonyl (C=O) groups is 3. The van der Waals surface area contributed by atoms with Crippen molar-refractivity contribution in [3.05, 3.63) is 78.0 Å². The molecule has 1 aliphatic rings. The fraction of sp³-hybridized carbons (Fsp3) is 0.308. The molecule has 3 atom stereocenters. The number of imidazole rings is 1. The van der Waals surface area contributed by atoms with E-state index in [0.717, 1.165) is 18.4 Å². The van der Waals surface area contributed by atoms with Gasteiger partial charge in [-0.15, -0.1) is 0 Å². The number of nitrogens with one attached hydrogen (secondary N) is 3. The Morgan fingerprint density at radius 3 is 2.58 bits per heavy atom. The normalized spacial score (nSPS) is 16.8. The third kappa shape index (κ3) is 5.70. The average Bonchev–Trinajstić information content (AvgIpc) is 3.54. The number of hydrogen-bond acceptors (Lipinski definition) is 4. The molecule has 188 valence electrons. The highest BCUT2D eigenvalue weighted by Gasteiger charge is 2.33. The highest BCUT2D eigenvalue weighted by Crippen LogP contribution is 2.32. The van der Waals surface area contributed by atoms with E-state index < -0.39 is 29.9 Å². The van der Waals surface area contributed by atoms with Crippen LogP contribution >= 0.6 is 0 Å². The van der Waals surface area contributed by atoms with Gasteiger partial charge in [-0.2, -0.15) is 0 Å². The lowest BCUT2D eigenvalue weighted by Gasteiger charge is -2.27. The summed E-state index contributed by atoms with van der Waals surface area (Å²) in [6.45, 7) is 2.20. The summed E-state index contributed by atoms with van der Waals surface area (Å²) in [5.74, 6) is -1.00. The van der Waals surface area contributed by atoms with Gasteiger partial charge in [0.05, 0.1) is 30.4 Å². The zero-order valence-electron chi connectivity index (χ0n) is 19.8. The van der Waals surface area contributed by atoms with E-state index >= 15 is 0 Å². The number of nitrogens with zero attached hydrogens (tertiary/aromatic N) is 2. The highest BCUT2D eigenvalue weighted by molar-refractivity contribution is 5.91. The summed E-state index contributed by atoms with van der Waals surface area (Å²) in [7, 11) is 0. The van der Waals surface area contributed by atoms with Crippen LogP contribution in [0.5, 0.6) is 0 Å². The topological polar surface area (TPSA) is 127 Å². The first-order valence-corrected chi connectivity index (χ1v) is 11.8. The number of carbonyl (C=O) groups excluding carboxylic acids is 2. The summed E-state index contributed by atoms with van der Waals surface area (Å²) in [4.78, 5) is 46.4. The van der Waals surface area contributed by atoms with Crippen LogP contribution in [0.4, 0.5) is 9.18 Å². The van der Waals surface area contributed by atoms with Gasteiger partial charge in [-0.05, 0) is 37.5 Å². The molecule has 0 saturated carbocycles. The number of rotatable bonds is 8. The molecule has 0 bridgehead atoms. The van der Waals surface area contributed by atoms with Crippen LogP contribution in [-0.4, -0.2) is 50.5 Å². The fourth-order valence-corrected chi connectivity index (χ4v) is 4.49. The Hall–Kier alpha value is -4.21. The number of aromatic amines is 1. The van der Waals surface area contributed by atoms with Gasteiger partial charge in [0, 0.05) is 12.1 Å². The van der Waals surface area contributed by atoms with Crippen LogP contribution in [-0.2, 0) is 9.59 Å². The molecular weight excluding hydrogens is 465 g/mol. The lowest BCUT2D eigenvalue weighted by Crippen LogP contribution is -2.49. The molecule has 3 amide bonds. The number of hydrogen-bond donors (Lipinski definition) is 4. The Labute approximate surface area is 207 Å². The zero-order chi connectivity index (χ0) is 25.7. The zero-order valence-corrected chi connectivity index (χ0v) is 19.8. The first kappa shape index (κ1) is 24.9. The van der Waals surface area contributed by atoms with Gasteiger partial charge in [0.1, 0.15) is 17.7 Å². The van der Waals surface area contributed by atoms with Gasteiger partial charge in [-0.1, -0.05) is 42.5 Å². The first-order chi connectivity index (χ1) is 17.3. The number of carboxylic acid groups (broad SMARTS) is 1. The van der Waals surface area contributed by atoms with Crippen molar-refractivity contribution in [2.75, 3.05) is 6.54 Å². The van der Waals surface area contributed by atoms with Crippen molar-refractivity contribution >= 4 is 17.9 Å². The molecule has 0 aliphatic carbocycles. The maximum Gasteiger partial charge on any atom is 0.405 e. The SMILES string of the molecule is CC(NC(=O)C(CC(=O)N1CCC[C@@H]1c1ccccc1)NC(=O)O)c1ncc(-c2ccccc2F)[nH]1. The predicted molar refractivity (Wildman–Crippen MR) is 130 cm³/mol. The van der Waals surface area contributed by atoms with Gasteiger partial charge >= 0.3 is 6.09 Å². The minimum atomic E-state index is -1.41. The largest absolute Gasteiger partial charge is 0.465 e. The van der Waals surface area contributed by atoms with Crippen molar-refractivity contribution in [3.8, 4) is 11.3 Å². The number of aromatic nitrogens is 2. The van der Waals surface area contributed by atoms with Gasteiger partial charge in [0.2, 0.25) is 11.8 Å². The molecule has 0 radical (unpaired) electrons. The molecule has 1 aromatic heterocycles. The molecule has 1 fully saturated rings. The van der Waals surface area contributed by atoms with E-state index in [1.165, 1.54) is 12.3 Å². The minimum Gasteiger partial charge on any atom is -0.465 e. The highest BCUT2D eigenvalue weighted by atomic mass is 19.1. The summed E-state index contributed by atoms with van der Waals surface area (Å²) < 4.78 is 14.1. The number of amides is 3. The van der Waals surface area contributed by atoms with Crippen LogP contribution in [0.15, 0.2) is 60.8 Å². The van der Waals surface area contributed by atoms with Crippen LogP contribution in [0.3, 0.4) is 0 Å². The van der Waals surface area contributed by atoms with E-state index in [-0.39, 0.29) is 18.4 Å². The van der Waals surface area contributed by atoms with E-state index in [2.05, 4.69) is 20.6 Å². The van der Waals surface area contributed by atoms with Crippen LogP contribution in [0.25, 0.3) is 11.3 Å². The number of likely N-dealkylation sites (tertiary alicyclic amines) is 1. The predicted octanol–water partition coefficient (Wildman–Crippen LogP) is 3.78. The lowest BCUT2D eigenvalue weighted by atomic mass is 10.0. The molecule has 1 saturated heterocycles. The van der Waals surface area contributed by atoms with Gasteiger partial charge in [0.15, 0.2) is 0 Å². The summed E-state index contributed by atoms with van der Waals surface area (Å²) in [5, 5.41) is 14.1. The van der Waals surface area contributed by atoms with Crippen molar-refractivity contribution in [3.63, 3.8) is 0 Å². The second kappa shape index (κ2) is 11.0. The molecule has 36 heavy (non-hydrogen) atoms. The maximum atomic E-state index is 14.1. The molecule has 10 heteroatoms. The molecule has 4 N–H and O–H groups in total. The Morgan fingerprint density at radius 1 is 1.14 bits per heavy atom. The Morgan fingerprint density at radius 2 is 1.86 bits per heavy atom. The van der Waals surface area contributed by atoms with Crippen molar-refractivity contribution in [1.82, 2.24) is 25.5 Å². The molecule has 2 heterocycles. The minimum absolute atomic E-state index is 0.105. The lowest BCUT2D eigenvalue weighted by molar-refractivity contribution is -0.135. The van der Waals surface area contributed by atoms with Crippen LogP contribution < -0.4 is 10.6 Å². The summed E-state index contributed by atoms with van der Waals surface area (Å²) in [6, 6.07) is 13.8. The number of halogens is 1. The van der Waals surface area contributed by atoms with Crippen molar-refractivity contribution in [2.24, 2.45) is 0 Å². The quantitative estimate of drug-likeness (QED) is 0.380. The maximum absolute atomic E-state index is 14.1. The second-order valence-electron chi connectivity index (χ2n) is 8.75. The second-order valence-corrected chi connectivity index (χ2v) is 8.75. The molecule has 1 aliphatic heterocycles. The molecule has 0 spiro atoms. The van der Waals surface area contributed by atoms with Gasteiger partial charge in [-0.3, -0.25) is 9.59 Å². The molecule has 2 aromatic carbocycles. The summed E-state index contributed by atoms with van der Waals surface area (Å²) in [6.07, 6.45) is 1.38. The Kier molecular flexibility index (Phi) is 7.62. The van der Waals surface area contributed by atoms with Crippen molar-refractivity contribution in [2.45, 2.75) is 44.3 Å². The summed E-state index contributed by atoms with van der Waals surface area (Å²) in [5.41, 5.74) is 1.79. The van der Waals surface area contributed by atoms with E-state index in [1.54, 1.807) is 30.0 Å². The molecule has 9 nitrogen and oxygen atoms in total. The van der Waals surface area contributed by atoms with E-state index in [4.69, 9.17) is 0 Å². The van der Waals surface area contributed by atoms with E-state index in [0.29, 0.717) is 23.6 Å². The standard InChI is InChI=1S/C26H28FN5O4/c1-16(24-28-15-21(30-24)18-10-5-6-11-19(18)27)29-25(34)20(31-26(35)36)14-23(33)32-13-7-12-22(32)17-8-3-2-4-9-17/h2-6,8-11,15-16,20,22,31H,7,12-14H2,1H3,(H,28,30)(H,29,34)(H,35,36)/t16?,20?,22-/m1/s1. The third-order valence-electron chi connectivity index (χ3n) is 6.28. The number of H-pyrrole nitrogens is 1. The van der Waals surface area contributed by atoms with Gasteiger partial charge in [0.25, 0.3) is 0 Å². The fourth-order valence-electron chi connectivity index (χ4n) is 4.49. The smallest absolute Gasteiger partial charge is 0.405 e. The van der Waals surface area contributed by atoms with E-state index in [1.807, 2.05) is 30.3 Å². The van der Waals surface area contributed by atoms with Gasteiger partial charge in [-0.25, -0.2) is 14.2 Å². The molecule has 2 unspecified atom stereocenters. The molecule has 3 aromatic rings. The molecular formula is C26H28FN5O4.